The van der Waals surface area contributed by atoms with E-state index < -0.39 is 30.3 Å². The fourth-order valence-electron chi connectivity index (χ4n) is 3.76. The van der Waals surface area contributed by atoms with Gasteiger partial charge >= 0.3 is 5.97 Å². The fraction of sp³-hybridized carbons (Fsp3) is 0.185. The molecule has 0 atom stereocenters. The summed E-state index contributed by atoms with van der Waals surface area (Å²) < 4.78 is 10.2. The van der Waals surface area contributed by atoms with Crippen LogP contribution in [0.25, 0.3) is 0 Å². The standard InChI is InChI=1S/C27H24N2O6/c1-16-4-5-17(2)23(12-16)29-25(31)21-11-8-19(13-22(21)26(29)32)27(33)35-15-24(30)28-14-18-6-9-20(34-3)10-7-18/h4-13H,14-15H2,1-3H3,(H,28,30). The van der Waals surface area contributed by atoms with Crippen LogP contribution in [0.1, 0.15) is 47.8 Å². The number of ether oxygens (including phenoxy) is 2. The molecule has 1 heterocycles. The van der Waals surface area contributed by atoms with Crippen LogP contribution in [0, 0.1) is 13.8 Å². The number of nitrogens with one attached hydrogen (secondary N) is 1. The van der Waals surface area contributed by atoms with E-state index in [1.807, 2.05) is 38.1 Å². The van der Waals surface area contributed by atoms with Gasteiger partial charge in [0, 0.05) is 6.54 Å². The molecule has 0 spiro atoms. The van der Waals surface area contributed by atoms with Crippen molar-refractivity contribution in [1.29, 1.82) is 0 Å². The number of nitrogens with zero attached hydrogens (tertiary/aromatic N) is 1. The molecule has 0 saturated heterocycles. The van der Waals surface area contributed by atoms with Crippen LogP contribution in [0.5, 0.6) is 5.75 Å². The van der Waals surface area contributed by atoms with Crippen molar-refractivity contribution in [3.63, 3.8) is 0 Å². The molecule has 35 heavy (non-hydrogen) atoms. The number of carbonyl (C=O) groups excluding carboxylic acids is 4. The molecule has 3 aromatic rings. The van der Waals surface area contributed by atoms with Crippen molar-refractivity contribution in [2.75, 3.05) is 18.6 Å². The smallest absolute Gasteiger partial charge is 0.338 e. The molecule has 0 fully saturated rings. The van der Waals surface area contributed by atoms with Crippen LogP contribution < -0.4 is 15.0 Å². The van der Waals surface area contributed by atoms with Gasteiger partial charge in [-0.25, -0.2) is 9.69 Å². The summed E-state index contributed by atoms with van der Waals surface area (Å²) in [5.41, 5.74) is 3.48. The van der Waals surface area contributed by atoms with E-state index in [-0.39, 0.29) is 23.2 Å². The highest BCUT2D eigenvalue weighted by atomic mass is 16.5. The van der Waals surface area contributed by atoms with Gasteiger partial charge < -0.3 is 14.8 Å². The second-order valence-electron chi connectivity index (χ2n) is 8.20. The second-order valence-corrected chi connectivity index (χ2v) is 8.20. The van der Waals surface area contributed by atoms with E-state index in [0.29, 0.717) is 11.4 Å². The molecular formula is C27H24N2O6. The summed E-state index contributed by atoms with van der Waals surface area (Å²) in [6.07, 6.45) is 0. The normalized spacial score (nSPS) is 12.4. The number of fused-ring (bicyclic) bond motifs is 1. The zero-order chi connectivity index (χ0) is 25.1. The molecule has 3 amide bonds. The average Bonchev–Trinajstić information content (AvgIpc) is 3.12. The number of anilines is 1. The average molecular weight is 472 g/mol. The van der Waals surface area contributed by atoms with Crippen LogP contribution in [-0.4, -0.2) is 37.4 Å². The quantitative estimate of drug-likeness (QED) is 0.417. The van der Waals surface area contributed by atoms with Gasteiger partial charge in [-0.3, -0.25) is 14.4 Å². The lowest BCUT2D eigenvalue weighted by atomic mass is 10.1. The van der Waals surface area contributed by atoms with Crippen molar-refractivity contribution < 1.29 is 28.7 Å². The number of rotatable bonds is 7. The minimum atomic E-state index is -0.766. The molecule has 0 unspecified atom stereocenters. The van der Waals surface area contributed by atoms with Crippen molar-refractivity contribution >= 4 is 29.4 Å². The number of amides is 3. The Balaban J connectivity index is 1.39. The van der Waals surface area contributed by atoms with Crippen molar-refractivity contribution in [2.45, 2.75) is 20.4 Å². The first-order valence-electron chi connectivity index (χ1n) is 11.0. The molecule has 0 aromatic heterocycles. The van der Waals surface area contributed by atoms with Crippen molar-refractivity contribution in [2.24, 2.45) is 0 Å². The maximum absolute atomic E-state index is 13.1. The highest BCUT2D eigenvalue weighted by molar-refractivity contribution is 6.35. The van der Waals surface area contributed by atoms with Gasteiger partial charge in [0.1, 0.15) is 5.75 Å². The summed E-state index contributed by atoms with van der Waals surface area (Å²) in [7, 11) is 1.57. The first kappa shape index (κ1) is 23.7. The van der Waals surface area contributed by atoms with Gasteiger partial charge in [-0.15, -0.1) is 0 Å². The molecule has 4 rings (SSSR count). The van der Waals surface area contributed by atoms with E-state index in [0.717, 1.165) is 21.6 Å². The van der Waals surface area contributed by atoms with Crippen LogP contribution in [0.15, 0.2) is 60.7 Å². The number of imide groups is 1. The Hall–Kier alpha value is -4.46. The van der Waals surface area contributed by atoms with Crippen LogP contribution in [0.3, 0.4) is 0 Å². The molecule has 3 aromatic carbocycles. The van der Waals surface area contributed by atoms with Crippen molar-refractivity contribution in [3.8, 4) is 5.75 Å². The van der Waals surface area contributed by atoms with E-state index in [4.69, 9.17) is 9.47 Å². The van der Waals surface area contributed by atoms with Crippen LogP contribution in [0.2, 0.25) is 0 Å². The Kier molecular flexibility index (Phi) is 6.64. The van der Waals surface area contributed by atoms with Crippen LogP contribution in [0.4, 0.5) is 5.69 Å². The van der Waals surface area contributed by atoms with E-state index in [1.165, 1.54) is 18.2 Å². The highest BCUT2D eigenvalue weighted by Crippen LogP contribution is 2.31. The summed E-state index contributed by atoms with van der Waals surface area (Å²) >= 11 is 0. The maximum atomic E-state index is 13.1. The van der Waals surface area contributed by atoms with Crippen LogP contribution in [-0.2, 0) is 16.1 Å². The van der Waals surface area contributed by atoms with Gasteiger partial charge in [0.2, 0.25) is 0 Å². The van der Waals surface area contributed by atoms with Crippen molar-refractivity contribution in [1.82, 2.24) is 5.32 Å². The van der Waals surface area contributed by atoms with Gasteiger partial charge in [-0.05, 0) is 66.9 Å². The summed E-state index contributed by atoms with van der Waals surface area (Å²) in [6.45, 7) is 3.49. The number of methoxy groups -OCH3 is 1. The molecule has 178 valence electrons. The van der Waals surface area contributed by atoms with Crippen molar-refractivity contribution in [3.05, 3.63) is 94.0 Å². The molecule has 0 bridgehead atoms. The van der Waals surface area contributed by atoms with E-state index in [2.05, 4.69) is 5.32 Å². The monoisotopic (exact) mass is 472 g/mol. The summed E-state index contributed by atoms with van der Waals surface area (Å²) in [6, 6.07) is 16.9. The third-order valence-corrected chi connectivity index (χ3v) is 5.71. The molecular weight excluding hydrogens is 448 g/mol. The maximum Gasteiger partial charge on any atom is 0.338 e. The number of hydrogen-bond donors (Lipinski definition) is 1. The van der Waals surface area contributed by atoms with Gasteiger partial charge in [0.25, 0.3) is 17.7 Å². The van der Waals surface area contributed by atoms with E-state index >= 15 is 0 Å². The molecule has 8 heteroatoms. The number of esters is 1. The Morgan fingerprint density at radius 1 is 0.886 bits per heavy atom. The Labute approximate surface area is 202 Å². The summed E-state index contributed by atoms with van der Waals surface area (Å²) in [5.74, 6) is -1.48. The predicted octanol–water partition coefficient (Wildman–Crippen LogP) is 3.59. The first-order chi connectivity index (χ1) is 16.8. The predicted molar refractivity (Wildman–Crippen MR) is 129 cm³/mol. The second kappa shape index (κ2) is 9.80. The molecule has 1 N–H and O–H groups in total. The Morgan fingerprint density at radius 3 is 2.31 bits per heavy atom. The first-order valence-corrected chi connectivity index (χ1v) is 11.0. The number of carbonyl (C=O) groups is 4. The SMILES string of the molecule is COc1ccc(CNC(=O)COC(=O)c2ccc3c(c2)C(=O)N(c2cc(C)ccc2C)C3=O)cc1. The number of hydrogen-bond acceptors (Lipinski definition) is 6. The fourth-order valence-corrected chi connectivity index (χ4v) is 3.76. The summed E-state index contributed by atoms with van der Waals surface area (Å²) in [4.78, 5) is 51.7. The minimum Gasteiger partial charge on any atom is -0.497 e. The molecule has 0 aliphatic carbocycles. The number of benzene rings is 3. The van der Waals surface area contributed by atoms with Gasteiger partial charge in [-0.2, -0.15) is 0 Å². The topological polar surface area (TPSA) is 102 Å². The lowest BCUT2D eigenvalue weighted by molar-refractivity contribution is -0.124. The molecule has 8 nitrogen and oxygen atoms in total. The number of aryl methyl sites for hydroxylation is 2. The Morgan fingerprint density at radius 2 is 1.60 bits per heavy atom. The lowest BCUT2D eigenvalue weighted by Crippen LogP contribution is -2.30. The lowest BCUT2D eigenvalue weighted by Gasteiger charge is -2.17. The van der Waals surface area contributed by atoms with Gasteiger partial charge in [-0.1, -0.05) is 24.3 Å². The van der Waals surface area contributed by atoms with Gasteiger partial charge in [0.05, 0.1) is 29.5 Å². The largest absolute Gasteiger partial charge is 0.497 e. The molecule has 0 saturated carbocycles. The minimum absolute atomic E-state index is 0.0793. The summed E-state index contributed by atoms with van der Waals surface area (Å²) in [5, 5.41) is 2.67. The third kappa shape index (κ3) is 4.91. The third-order valence-electron chi connectivity index (χ3n) is 5.71. The Bertz CT molecular complexity index is 1330. The van der Waals surface area contributed by atoms with E-state index in [1.54, 1.807) is 25.3 Å². The highest BCUT2D eigenvalue weighted by Gasteiger charge is 2.38. The van der Waals surface area contributed by atoms with Crippen LogP contribution >= 0.6 is 0 Å². The van der Waals surface area contributed by atoms with E-state index in [9.17, 15) is 19.2 Å². The molecule has 1 aliphatic heterocycles. The zero-order valence-corrected chi connectivity index (χ0v) is 19.6. The molecule has 1 aliphatic rings. The van der Waals surface area contributed by atoms with Gasteiger partial charge in [0.15, 0.2) is 6.61 Å². The zero-order valence-electron chi connectivity index (χ0n) is 19.6. The molecule has 0 radical (unpaired) electrons.